The van der Waals surface area contributed by atoms with Gasteiger partial charge in [-0.25, -0.2) is 8.42 Å². The van der Waals surface area contributed by atoms with Crippen molar-refractivity contribution < 1.29 is 22.7 Å². The topological polar surface area (TPSA) is 108 Å². The number of nitrogens with one attached hydrogen (secondary N) is 2. The summed E-state index contributed by atoms with van der Waals surface area (Å²) in [6, 6.07) is 9.86. The van der Waals surface area contributed by atoms with Gasteiger partial charge in [-0.1, -0.05) is 29.8 Å². The van der Waals surface area contributed by atoms with Gasteiger partial charge in [-0.15, -0.1) is 0 Å². The predicted molar refractivity (Wildman–Crippen MR) is 125 cm³/mol. The molecule has 0 aliphatic carbocycles. The molecule has 11 heteroatoms. The number of anilines is 2. The van der Waals surface area contributed by atoms with Crippen molar-refractivity contribution in [2.75, 3.05) is 43.4 Å². The maximum Gasteiger partial charge on any atom is 0.262 e. The van der Waals surface area contributed by atoms with Crippen LogP contribution in [0.1, 0.15) is 12.5 Å². The number of carbonyl (C=O) groups excluding carboxylic acids is 2. The number of carbonyl (C=O) groups is 2. The average molecular weight is 493 g/mol. The van der Waals surface area contributed by atoms with E-state index in [-0.39, 0.29) is 47.2 Å². The van der Waals surface area contributed by atoms with Crippen LogP contribution in [0.2, 0.25) is 5.02 Å². The monoisotopic (exact) mass is 492 g/mol. The number of piperazine rings is 1. The number of aryl methyl sites for hydroxylation is 1. The summed E-state index contributed by atoms with van der Waals surface area (Å²) in [4.78, 5) is 26.1. The van der Waals surface area contributed by atoms with E-state index in [0.29, 0.717) is 18.8 Å². The summed E-state index contributed by atoms with van der Waals surface area (Å²) < 4.78 is 33.2. The number of amides is 2. The largest absolute Gasteiger partial charge is 0.482 e. The molecule has 0 bridgehead atoms. The van der Waals surface area contributed by atoms with Crippen LogP contribution in [0.3, 0.4) is 0 Å². The molecular formula is C22H25ClN4O5S. The molecule has 0 saturated carbocycles. The lowest BCUT2D eigenvalue weighted by Gasteiger charge is -2.37. The lowest BCUT2D eigenvalue weighted by molar-refractivity contribution is -0.121. The molecule has 2 aliphatic heterocycles. The van der Waals surface area contributed by atoms with Crippen LogP contribution in [0.4, 0.5) is 11.4 Å². The van der Waals surface area contributed by atoms with Crippen molar-refractivity contribution in [3.63, 3.8) is 0 Å². The van der Waals surface area contributed by atoms with E-state index >= 15 is 0 Å². The number of hydrogen-bond donors (Lipinski definition) is 2. The van der Waals surface area contributed by atoms with Crippen molar-refractivity contribution in [2.45, 2.75) is 24.8 Å². The van der Waals surface area contributed by atoms with Gasteiger partial charge >= 0.3 is 0 Å². The summed E-state index contributed by atoms with van der Waals surface area (Å²) in [5, 5.41) is 5.55. The molecule has 9 nitrogen and oxygen atoms in total. The van der Waals surface area contributed by atoms with E-state index in [4.69, 9.17) is 16.3 Å². The molecule has 0 unspecified atom stereocenters. The zero-order chi connectivity index (χ0) is 23.8. The first-order valence-electron chi connectivity index (χ1n) is 10.5. The Morgan fingerprint density at radius 1 is 1.18 bits per heavy atom. The molecule has 1 saturated heterocycles. The van der Waals surface area contributed by atoms with Crippen LogP contribution < -0.4 is 15.4 Å². The molecular weight excluding hydrogens is 468 g/mol. The first-order chi connectivity index (χ1) is 15.7. The van der Waals surface area contributed by atoms with Gasteiger partial charge < -0.3 is 15.4 Å². The SMILES string of the molecule is Cc1ccccc1NC(=O)[C@@H](C)N1CCN(S(=O)(=O)c2cc3c(cc2Cl)NC(=O)CO3)CC1. The van der Waals surface area contributed by atoms with Crippen molar-refractivity contribution in [3.8, 4) is 5.75 Å². The Bertz CT molecular complexity index is 1200. The van der Waals surface area contributed by atoms with Gasteiger partial charge in [-0.3, -0.25) is 14.5 Å². The van der Waals surface area contributed by atoms with Gasteiger partial charge in [-0.05, 0) is 31.5 Å². The Kier molecular flexibility index (Phi) is 6.62. The van der Waals surface area contributed by atoms with E-state index in [2.05, 4.69) is 10.6 Å². The molecule has 0 aromatic heterocycles. The van der Waals surface area contributed by atoms with Crippen molar-refractivity contribution in [2.24, 2.45) is 0 Å². The molecule has 0 spiro atoms. The molecule has 33 heavy (non-hydrogen) atoms. The molecule has 2 aromatic rings. The van der Waals surface area contributed by atoms with E-state index in [1.165, 1.54) is 16.4 Å². The molecule has 1 fully saturated rings. The van der Waals surface area contributed by atoms with E-state index in [0.717, 1.165) is 11.3 Å². The number of ether oxygens (including phenoxy) is 1. The van der Waals surface area contributed by atoms with E-state index in [9.17, 15) is 18.0 Å². The summed E-state index contributed by atoms with van der Waals surface area (Å²) in [6.45, 7) is 4.78. The van der Waals surface area contributed by atoms with Gasteiger partial charge in [0, 0.05) is 37.9 Å². The van der Waals surface area contributed by atoms with Gasteiger partial charge in [0.1, 0.15) is 10.6 Å². The fraction of sp³-hybridized carbons (Fsp3) is 0.364. The standard InChI is InChI=1S/C22H25ClN4O5S/c1-14-5-3-4-6-17(14)25-22(29)15(2)26-7-9-27(10-8-26)33(30,31)20-12-19-18(11-16(20)23)24-21(28)13-32-19/h3-6,11-12,15H,7-10,13H2,1-2H3,(H,24,28)(H,25,29)/t15-/m1/s1. The second-order valence-corrected chi connectivity index (χ2v) is 10.3. The number of halogens is 1. The molecule has 1 atom stereocenters. The fourth-order valence-electron chi connectivity index (χ4n) is 3.87. The Balaban J connectivity index is 1.42. The summed E-state index contributed by atoms with van der Waals surface area (Å²) in [5.41, 5.74) is 2.07. The number of rotatable bonds is 5. The van der Waals surface area contributed by atoms with Crippen molar-refractivity contribution in [3.05, 3.63) is 47.0 Å². The third-order valence-corrected chi connectivity index (χ3v) is 8.25. The Morgan fingerprint density at radius 2 is 1.88 bits per heavy atom. The third kappa shape index (κ3) is 4.84. The van der Waals surface area contributed by atoms with Gasteiger partial charge in [0.2, 0.25) is 15.9 Å². The number of benzene rings is 2. The minimum Gasteiger partial charge on any atom is -0.482 e. The molecule has 2 N–H and O–H groups in total. The smallest absolute Gasteiger partial charge is 0.262 e. The molecule has 176 valence electrons. The van der Waals surface area contributed by atoms with Gasteiger partial charge in [0.25, 0.3) is 5.91 Å². The number of hydrogen-bond acceptors (Lipinski definition) is 6. The summed E-state index contributed by atoms with van der Waals surface area (Å²) in [5.74, 6) is -0.207. The third-order valence-electron chi connectivity index (χ3n) is 5.89. The van der Waals surface area contributed by atoms with Crippen LogP contribution in [0.15, 0.2) is 41.3 Å². The summed E-state index contributed by atoms with van der Waals surface area (Å²) >= 11 is 6.25. The second-order valence-electron chi connectivity index (χ2n) is 8.04. The van der Waals surface area contributed by atoms with Crippen LogP contribution in [0, 0.1) is 6.92 Å². The van der Waals surface area contributed by atoms with Crippen LogP contribution in [0.5, 0.6) is 5.75 Å². The minimum atomic E-state index is -3.88. The summed E-state index contributed by atoms with van der Waals surface area (Å²) in [6.07, 6.45) is 0. The Hall–Kier alpha value is -2.66. The average Bonchev–Trinajstić information content (AvgIpc) is 2.79. The van der Waals surface area contributed by atoms with Crippen molar-refractivity contribution in [1.82, 2.24) is 9.21 Å². The first kappa shape index (κ1) is 23.5. The molecule has 2 amide bonds. The Labute approximate surface area is 197 Å². The Morgan fingerprint density at radius 3 is 2.58 bits per heavy atom. The first-order valence-corrected chi connectivity index (χ1v) is 12.4. The van der Waals surface area contributed by atoms with Crippen molar-refractivity contribution >= 4 is 44.8 Å². The molecule has 2 aromatic carbocycles. The number of sulfonamides is 1. The van der Waals surface area contributed by atoms with Gasteiger partial charge in [0.15, 0.2) is 6.61 Å². The molecule has 2 heterocycles. The van der Waals surface area contributed by atoms with Crippen molar-refractivity contribution in [1.29, 1.82) is 0 Å². The highest BCUT2D eigenvalue weighted by atomic mass is 35.5. The van der Waals surface area contributed by atoms with E-state index in [1.54, 1.807) is 0 Å². The number of nitrogens with zero attached hydrogens (tertiary/aromatic N) is 2. The van der Waals surface area contributed by atoms with E-state index in [1.807, 2.05) is 43.0 Å². The fourth-order valence-corrected chi connectivity index (χ4v) is 5.81. The zero-order valence-corrected chi connectivity index (χ0v) is 19.9. The van der Waals surface area contributed by atoms with Crippen LogP contribution >= 0.6 is 11.6 Å². The van der Waals surface area contributed by atoms with Gasteiger partial charge in [0.05, 0.1) is 16.8 Å². The highest BCUT2D eigenvalue weighted by Gasteiger charge is 2.34. The number of para-hydroxylation sites is 1. The predicted octanol–water partition coefficient (Wildman–Crippen LogP) is 2.31. The second kappa shape index (κ2) is 9.30. The normalized spacial score (nSPS) is 18.1. The number of fused-ring (bicyclic) bond motifs is 1. The quantitative estimate of drug-likeness (QED) is 0.663. The molecule has 0 radical (unpaired) electrons. The highest BCUT2D eigenvalue weighted by molar-refractivity contribution is 7.89. The maximum absolute atomic E-state index is 13.2. The lowest BCUT2D eigenvalue weighted by atomic mass is 10.2. The molecule has 2 aliphatic rings. The van der Waals surface area contributed by atoms with E-state index < -0.39 is 16.1 Å². The molecule has 4 rings (SSSR count). The lowest BCUT2D eigenvalue weighted by Crippen LogP contribution is -2.54. The maximum atomic E-state index is 13.2. The van der Waals surface area contributed by atoms with Crippen LogP contribution in [-0.4, -0.2) is 68.3 Å². The minimum absolute atomic E-state index is 0.00737. The van der Waals surface area contributed by atoms with Crippen LogP contribution in [-0.2, 0) is 19.6 Å². The summed E-state index contributed by atoms with van der Waals surface area (Å²) in [7, 11) is -3.88. The van der Waals surface area contributed by atoms with Crippen LogP contribution in [0.25, 0.3) is 0 Å². The van der Waals surface area contributed by atoms with Gasteiger partial charge in [-0.2, -0.15) is 4.31 Å². The highest BCUT2D eigenvalue weighted by Crippen LogP contribution is 2.37. The zero-order valence-electron chi connectivity index (χ0n) is 18.3.